The number of alkyl halides is 3. The van der Waals surface area contributed by atoms with Gasteiger partial charge in [-0.1, -0.05) is 17.7 Å². The van der Waals surface area contributed by atoms with E-state index in [2.05, 4.69) is 5.32 Å². The first-order valence-electron chi connectivity index (χ1n) is 11.9. The number of hydrogen-bond donors (Lipinski definition) is 1. The standard InChI is InChI=1S/C27H29F3N4O2/c1-17-4-5-18(2)21(12-17)25(36)34-15-23(24(35)32-3)26(16-34)8-10-33(11-9-26)20-7-6-19(14-31)22(13-20)27(28,29)30/h4-7,12-13,23H,8-11,15-16H2,1-3H3,(H,32,35). The van der Waals surface area contributed by atoms with E-state index < -0.39 is 28.6 Å². The maximum absolute atomic E-state index is 13.5. The number of nitriles is 1. The SMILES string of the molecule is CNC(=O)C1CN(C(=O)c2cc(C)ccc2C)CC12CCN(c1ccc(C#N)c(C(F)(F)F)c1)CC2. The number of carbonyl (C=O) groups excluding carboxylic acids is 2. The van der Waals surface area contributed by atoms with Gasteiger partial charge in [0.25, 0.3) is 5.91 Å². The zero-order valence-corrected chi connectivity index (χ0v) is 20.6. The fourth-order valence-corrected chi connectivity index (χ4v) is 5.57. The number of carbonyl (C=O) groups is 2. The number of anilines is 1. The zero-order valence-electron chi connectivity index (χ0n) is 20.6. The van der Waals surface area contributed by atoms with E-state index in [1.165, 1.54) is 12.1 Å². The Bertz CT molecular complexity index is 1230. The molecule has 190 valence electrons. The van der Waals surface area contributed by atoms with Gasteiger partial charge in [-0.3, -0.25) is 9.59 Å². The molecule has 0 saturated carbocycles. The molecule has 0 aliphatic carbocycles. The minimum absolute atomic E-state index is 0.105. The summed E-state index contributed by atoms with van der Waals surface area (Å²) >= 11 is 0. The van der Waals surface area contributed by atoms with E-state index in [0.717, 1.165) is 17.2 Å². The molecule has 2 heterocycles. The van der Waals surface area contributed by atoms with Crippen LogP contribution in [-0.2, 0) is 11.0 Å². The van der Waals surface area contributed by atoms with Crippen molar-refractivity contribution in [1.29, 1.82) is 5.26 Å². The molecule has 1 atom stereocenters. The number of aryl methyl sites for hydroxylation is 2. The van der Waals surface area contributed by atoms with Crippen LogP contribution in [0.3, 0.4) is 0 Å². The second-order valence-corrected chi connectivity index (χ2v) is 9.86. The number of piperidine rings is 1. The molecule has 0 bridgehead atoms. The summed E-state index contributed by atoms with van der Waals surface area (Å²) in [5.41, 5.74) is 1.07. The molecular formula is C27H29F3N4O2. The fraction of sp³-hybridized carbons (Fsp3) is 0.444. The van der Waals surface area contributed by atoms with E-state index in [-0.39, 0.29) is 11.8 Å². The number of nitrogens with zero attached hydrogens (tertiary/aromatic N) is 3. The molecule has 2 aromatic rings. The van der Waals surface area contributed by atoms with Crippen LogP contribution in [0.4, 0.5) is 18.9 Å². The summed E-state index contributed by atoms with van der Waals surface area (Å²) in [4.78, 5) is 29.9. The monoisotopic (exact) mass is 498 g/mol. The quantitative estimate of drug-likeness (QED) is 0.685. The Morgan fingerprint density at radius 1 is 1.11 bits per heavy atom. The average molecular weight is 499 g/mol. The molecule has 6 nitrogen and oxygen atoms in total. The fourth-order valence-electron chi connectivity index (χ4n) is 5.57. The van der Waals surface area contributed by atoms with E-state index >= 15 is 0 Å². The van der Waals surface area contributed by atoms with Crippen molar-refractivity contribution >= 4 is 17.5 Å². The molecule has 2 aromatic carbocycles. The third kappa shape index (κ3) is 4.64. The molecule has 2 saturated heterocycles. The number of likely N-dealkylation sites (tertiary alicyclic amines) is 1. The molecule has 9 heteroatoms. The first-order chi connectivity index (χ1) is 17.0. The summed E-state index contributed by atoms with van der Waals surface area (Å²) in [6.07, 6.45) is -3.51. The second kappa shape index (κ2) is 9.49. The highest BCUT2D eigenvalue weighted by atomic mass is 19.4. The molecule has 1 unspecified atom stereocenters. The summed E-state index contributed by atoms with van der Waals surface area (Å²) < 4.78 is 40.4. The van der Waals surface area contributed by atoms with Gasteiger partial charge >= 0.3 is 6.18 Å². The zero-order chi connectivity index (χ0) is 26.3. The number of benzene rings is 2. The lowest BCUT2D eigenvalue weighted by molar-refractivity contribution is -0.137. The largest absolute Gasteiger partial charge is 0.417 e. The lowest BCUT2D eigenvalue weighted by atomic mass is 9.70. The van der Waals surface area contributed by atoms with Gasteiger partial charge in [-0.2, -0.15) is 18.4 Å². The molecule has 2 aliphatic heterocycles. The first kappa shape index (κ1) is 25.5. The van der Waals surface area contributed by atoms with Crippen molar-refractivity contribution in [2.24, 2.45) is 11.3 Å². The van der Waals surface area contributed by atoms with Gasteiger partial charge < -0.3 is 15.1 Å². The van der Waals surface area contributed by atoms with Gasteiger partial charge in [0, 0.05) is 49.9 Å². The maximum Gasteiger partial charge on any atom is 0.417 e. The van der Waals surface area contributed by atoms with Crippen LogP contribution >= 0.6 is 0 Å². The van der Waals surface area contributed by atoms with E-state index in [9.17, 15) is 22.8 Å². The average Bonchev–Trinajstić information content (AvgIpc) is 3.22. The summed E-state index contributed by atoms with van der Waals surface area (Å²) in [7, 11) is 1.58. The molecule has 0 aromatic heterocycles. The lowest BCUT2D eigenvalue weighted by Crippen LogP contribution is -2.48. The van der Waals surface area contributed by atoms with Crippen molar-refractivity contribution in [3.05, 3.63) is 64.2 Å². The van der Waals surface area contributed by atoms with Crippen LogP contribution in [0.2, 0.25) is 0 Å². The molecule has 4 rings (SSSR count). The smallest absolute Gasteiger partial charge is 0.371 e. The van der Waals surface area contributed by atoms with E-state index in [1.54, 1.807) is 18.0 Å². The minimum Gasteiger partial charge on any atom is -0.371 e. The van der Waals surface area contributed by atoms with E-state index in [0.29, 0.717) is 50.3 Å². The highest BCUT2D eigenvalue weighted by Gasteiger charge is 2.52. The normalized spacial score (nSPS) is 19.3. The molecule has 0 radical (unpaired) electrons. The highest BCUT2D eigenvalue weighted by molar-refractivity contribution is 5.96. The number of hydrogen-bond acceptors (Lipinski definition) is 4. The van der Waals surface area contributed by atoms with Crippen molar-refractivity contribution in [2.75, 3.05) is 38.1 Å². The number of rotatable bonds is 3. The van der Waals surface area contributed by atoms with Gasteiger partial charge in [-0.05, 0) is 56.5 Å². The number of halogens is 3. The molecule has 2 amide bonds. The molecule has 1 N–H and O–H groups in total. The van der Waals surface area contributed by atoms with E-state index in [4.69, 9.17) is 5.26 Å². The van der Waals surface area contributed by atoms with Crippen molar-refractivity contribution in [3.8, 4) is 6.07 Å². The Morgan fingerprint density at radius 2 is 1.81 bits per heavy atom. The highest BCUT2D eigenvalue weighted by Crippen LogP contribution is 2.46. The molecular weight excluding hydrogens is 469 g/mol. The summed E-state index contributed by atoms with van der Waals surface area (Å²) in [6.45, 7) is 5.44. The van der Waals surface area contributed by atoms with Gasteiger partial charge in [-0.25, -0.2) is 0 Å². The Labute approximate surface area is 208 Å². The van der Waals surface area contributed by atoms with Gasteiger partial charge in [0.2, 0.25) is 5.91 Å². The van der Waals surface area contributed by atoms with Crippen LogP contribution < -0.4 is 10.2 Å². The molecule has 2 fully saturated rings. The summed E-state index contributed by atoms with van der Waals surface area (Å²) in [5.74, 6) is -0.630. The first-order valence-corrected chi connectivity index (χ1v) is 11.9. The van der Waals surface area contributed by atoms with Crippen molar-refractivity contribution < 1.29 is 22.8 Å². The third-order valence-corrected chi connectivity index (χ3v) is 7.67. The number of nitrogens with one attached hydrogen (secondary N) is 1. The van der Waals surface area contributed by atoms with Crippen LogP contribution in [0.15, 0.2) is 36.4 Å². The van der Waals surface area contributed by atoms with Gasteiger partial charge in [0.05, 0.1) is 23.1 Å². The van der Waals surface area contributed by atoms with Crippen LogP contribution in [0.1, 0.15) is 45.5 Å². The van der Waals surface area contributed by atoms with Crippen molar-refractivity contribution in [3.63, 3.8) is 0 Å². The predicted molar refractivity (Wildman–Crippen MR) is 129 cm³/mol. The molecule has 2 aliphatic rings. The second-order valence-electron chi connectivity index (χ2n) is 9.86. The van der Waals surface area contributed by atoms with Gasteiger partial charge in [0.15, 0.2) is 0 Å². The van der Waals surface area contributed by atoms with Crippen molar-refractivity contribution in [2.45, 2.75) is 32.9 Å². The summed E-state index contributed by atoms with van der Waals surface area (Å²) in [5, 5.41) is 11.8. The molecule has 36 heavy (non-hydrogen) atoms. The molecule has 1 spiro atoms. The van der Waals surface area contributed by atoms with Crippen molar-refractivity contribution in [1.82, 2.24) is 10.2 Å². The Balaban J connectivity index is 1.57. The summed E-state index contributed by atoms with van der Waals surface area (Å²) in [6, 6.07) is 11.1. The lowest BCUT2D eigenvalue weighted by Gasteiger charge is -2.43. The van der Waals surface area contributed by atoms with Crippen LogP contribution in [0.5, 0.6) is 0 Å². The van der Waals surface area contributed by atoms with E-state index in [1.807, 2.05) is 36.9 Å². The number of amides is 2. The Kier molecular flexibility index (Phi) is 6.74. The Morgan fingerprint density at radius 3 is 2.42 bits per heavy atom. The maximum atomic E-state index is 13.5. The van der Waals surface area contributed by atoms with Crippen LogP contribution in [-0.4, -0.2) is 49.9 Å². The Hall–Kier alpha value is -3.54. The van der Waals surface area contributed by atoms with Gasteiger partial charge in [-0.15, -0.1) is 0 Å². The third-order valence-electron chi connectivity index (χ3n) is 7.67. The van der Waals surface area contributed by atoms with Crippen LogP contribution in [0, 0.1) is 36.5 Å². The van der Waals surface area contributed by atoms with Gasteiger partial charge in [0.1, 0.15) is 0 Å². The minimum atomic E-state index is -4.62. The predicted octanol–water partition coefficient (Wildman–Crippen LogP) is 4.30. The van der Waals surface area contributed by atoms with Crippen LogP contribution in [0.25, 0.3) is 0 Å². The topological polar surface area (TPSA) is 76.4 Å².